The van der Waals surface area contributed by atoms with Crippen molar-refractivity contribution in [1.82, 2.24) is 0 Å². The Morgan fingerprint density at radius 3 is 2.45 bits per heavy atom. The summed E-state index contributed by atoms with van der Waals surface area (Å²) in [5.74, 6) is -1.89. The van der Waals surface area contributed by atoms with Crippen LogP contribution in [0.5, 0.6) is 0 Å². The number of aliphatic hydroxyl groups excluding tert-OH is 4. The quantitative estimate of drug-likeness (QED) is 0.208. The van der Waals surface area contributed by atoms with Crippen LogP contribution in [0.1, 0.15) is 12.8 Å². The van der Waals surface area contributed by atoms with Crippen LogP contribution in [0.2, 0.25) is 0 Å². The molecule has 6 N–H and O–H groups in total. The summed E-state index contributed by atoms with van der Waals surface area (Å²) in [5.41, 5.74) is 2.87. The average Bonchev–Trinajstić information content (AvgIpc) is 2.34. The van der Waals surface area contributed by atoms with E-state index in [1.165, 1.54) is 0 Å². The maximum Gasteiger partial charge on any atom is 2.00 e. The Morgan fingerprint density at radius 2 is 1.90 bits per heavy atom. The number of ether oxygens (including phenoxy) is 2. The molecule has 1 aliphatic rings. The van der Waals surface area contributed by atoms with Gasteiger partial charge in [-0.15, -0.1) is 0 Å². The SMILES string of the molecule is N[C@@]1([C@@H](O)[C@H](O)[CH-]CO)OC(=O)CCC(=O)O[C-]1O.[Zn+2]. The molecule has 0 amide bonds. The van der Waals surface area contributed by atoms with Gasteiger partial charge in [0.05, 0.1) is 18.9 Å². The fourth-order valence-electron chi connectivity index (χ4n) is 1.40. The van der Waals surface area contributed by atoms with Gasteiger partial charge in [-0.1, -0.05) is 6.61 Å². The minimum atomic E-state index is -2.61. The zero-order chi connectivity index (χ0) is 14.6. The first kappa shape index (κ1) is 19.4. The number of hydrogen-bond donors (Lipinski definition) is 5. The number of carbonyl (C=O) groups excluding carboxylic acids is 2. The largest absolute Gasteiger partial charge is 2.00 e. The van der Waals surface area contributed by atoms with Gasteiger partial charge in [-0.05, 0) is 6.10 Å². The minimum Gasteiger partial charge on any atom is -0.601 e. The predicted molar refractivity (Wildman–Crippen MR) is 56.9 cm³/mol. The topological polar surface area (TPSA) is 160 Å². The normalized spacial score (nSPS) is 27.4. The third kappa shape index (κ3) is 4.44. The second-order valence-electron chi connectivity index (χ2n) is 3.90. The molecule has 0 aromatic heterocycles. The summed E-state index contributed by atoms with van der Waals surface area (Å²) < 4.78 is 9.02. The molecule has 1 rings (SSSR count). The van der Waals surface area contributed by atoms with E-state index in [0.717, 1.165) is 6.42 Å². The van der Waals surface area contributed by atoms with E-state index in [9.17, 15) is 24.9 Å². The van der Waals surface area contributed by atoms with Crippen LogP contribution in [0.3, 0.4) is 0 Å². The molecular formula is C10H15NO8Zn. The molecule has 0 bridgehead atoms. The van der Waals surface area contributed by atoms with E-state index in [0.29, 0.717) is 0 Å². The van der Waals surface area contributed by atoms with Crippen molar-refractivity contribution in [2.24, 2.45) is 5.73 Å². The molecule has 1 aliphatic heterocycles. The number of cyclic esters (lactones) is 2. The van der Waals surface area contributed by atoms with Crippen LogP contribution in [-0.4, -0.2) is 56.9 Å². The molecular weight excluding hydrogens is 327 g/mol. The van der Waals surface area contributed by atoms with E-state index in [1.54, 1.807) is 0 Å². The summed E-state index contributed by atoms with van der Waals surface area (Å²) in [4.78, 5) is 22.5. The van der Waals surface area contributed by atoms with Crippen molar-refractivity contribution in [1.29, 1.82) is 0 Å². The first-order valence-corrected chi connectivity index (χ1v) is 5.39. The van der Waals surface area contributed by atoms with Gasteiger partial charge in [-0.3, -0.25) is 16.0 Å². The van der Waals surface area contributed by atoms with Gasteiger partial charge in [-0.25, -0.2) is 0 Å². The van der Waals surface area contributed by atoms with Gasteiger partial charge in [-0.2, -0.15) is 0 Å². The Kier molecular flexibility index (Phi) is 7.71. The summed E-state index contributed by atoms with van der Waals surface area (Å²) in [6.07, 6.45) is -4.82. The number of hydrogen-bond acceptors (Lipinski definition) is 9. The second-order valence-corrected chi connectivity index (χ2v) is 3.90. The second kappa shape index (κ2) is 7.97. The van der Waals surface area contributed by atoms with E-state index in [-0.39, 0.29) is 32.3 Å². The van der Waals surface area contributed by atoms with Crippen LogP contribution < -0.4 is 5.73 Å². The molecule has 1 saturated heterocycles. The third-order valence-corrected chi connectivity index (χ3v) is 2.47. The molecule has 0 aromatic rings. The van der Waals surface area contributed by atoms with E-state index >= 15 is 0 Å². The van der Waals surface area contributed by atoms with Crippen molar-refractivity contribution in [2.45, 2.75) is 30.8 Å². The van der Waals surface area contributed by atoms with Crippen molar-refractivity contribution in [3.8, 4) is 0 Å². The summed E-state index contributed by atoms with van der Waals surface area (Å²) in [6, 6.07) is 0. The zero-order valence-electron chi connectivity index (χ0n) is 10.6. The van der Waals surface area contributed by atoms with Gasteiger partial charge in [0.25, 0.3) is 5.97 Å². The number of esters is 2. The van der Waals surface area contributed by atoms with Crippen LogP contribution in [0.15, 0.2) is 0 Å². The number of nitrogens with two attached hydrogens (primary N) is 1. The Bertz CT molecular complexity index is 354. The zero-order valence-corrected chi connectivity index (χ0v) is 13.5. The molecule has 0 radical (unpaired) electrons. The van der Waals surface area contributed by atoms with Crippen molar-refractivity contribution in [2.75, 3.05) is 6.61 Å². The van der Waals surface area contributed by atoms with Crippen molar-refractivity contribution >= 4 is 11.9 Å². The van der Waals surface area contributed by atoms with E-state index in [4.69, 9.17) is 10.8 Å². The maximum atomic E-state index is 11.3. The fourth-order valence-corrected chi connectivity index (χ4v) is 1.40. The fraction of sp³-hybridized carbons (Fsp3) is 0.600. The van der Waals surface area contributed by atoms with Crippen molar-refractivity contribution < 1.29 is 59.0 Å². The van der Waals surface area contributed by atoms with E-state index in [1.807, 2.05) is 0 Å². The molecule has 0 spiro atoms. The van der Waals surface area contributed by atoms with Crippen LogP contribution in [0.4, 0.5) is 0 Å². The average molecular weight is 343 g/mol. The van der Waals surface area contributed by atoms with Crippen LogP contribution in [0.25, 0.3) is 0 Å². The smallest absolute Gasteiger partial charge is 0.601 e. The molecule has 0 aromatic carbocycles. The van der Waals surface area contributed by atoms with Gasteiger partial charge >= 0.3 is 25.4 Å². The van der Waals surface area contributed by atoms with Crippen LogP contribution in [0, 0.1) is 12.7 Å². The molecule has 1 fully saturated rings. The van der Waals surface area contributed by atoms with Gasteiger partial charge in [0.2, 0.25) is 0 Å². The van der Waals surface area contributed by atoms with Crippen molar-refractivity contribution in [3.63, 3.8) is 0 Å². The molecule has 0 unspecified atom stereocenters. The van der Waals surface area contributed by atoms with Gasteiger partial charge < -0.3 is 35.6 Å². The molecule has 20 heavy (non-hydrogen) atoms. The molecule has 0 aliphatic carbocycles. The summed E-state index contributed by atoms with van der Waals surface area (Å²) in [6.45, 7) is -0.594. The van der Waals surface area contributed by atoms with Gasteiger partial charge in [0.15, 0.2) is 0 Å². The number of rotatable bonds is 4. The first-order valence-electron chi connectivity index (χ1n) is 5.39. The molecule has 1 heterocycles. The number of aliphatic hydroxyl groups is 4. The molecule has 0 saturated carbocycles. The summed E-state index contributed by atoms with van der Waals surface area (Å²) >= 11 is 0. The van der Waals surface area contributed by atoms with Crippen molar-refractivity contribution in [3.05, 3.63) is 12.7 Å². The molecule has 110 valence electrons. The monoisotopic (exact) mass is 341 g/mol. The molecule has 10 heteroatoms. The molecule has 3 atom stereocenters. The summed E-state index contributed by atoms with van der Waals surface area (Å²) in [7, 11) is 0. The van der Waals surface area contributed by atoms with Crippen LogP contribution in [-0.2, 0) is 38.5 Å². The Labute approximate surface area is 127 Å². The summed E-state index contributed by atoms with van der Waals surface area (Å²) in [5, 5.41) is 37.4. The Morgan fingerprint density at radius 1 is 1.35 bits per heavy atom. The van der Waals surface area contributed by atoms with E-state index < -0.39 is 42.8 Å². The minimum absolute atomic E-state index is 0. The predicted octanol–water partition coefficient (Wildman–Crippen LogP) is -2.70. The Hall–Kier alpha value is -0.637. The van der Waals surface area contributed by atoms with Gasteiger partial charge in [0.1, 0.15) is 5.72 Å². The van der Waals surface area contributed by atoms with Crippen LogP contribution >= 0.6 is 0 Å². The van der Waals surface area contributed by atoms with E-state index in [2.05, 4.69) is 9.47 Å². The number of carbonyl (C=O) groups is 2. The van der Waals surface area contributed by atoms with Gasteiger partial charge in [0, 0.05) is 6.29 Å². The first-order chi connectivity index (χ1) is 8.81. The molecule has 9 nitrogen and oxygen atoms in total. The Balaban J connectivity index is 0.00000361. The standard InChI is InChI=1S/C10H15NO8.Zn/c11-10(8(16)5(13)3-4-12)9(17)18-6(14)1-2-7(15)19-10;/h3,5,8,12-13,16-17H,1-2,4,11H2;/q-2;+2/t5-,8+,10+;/m1./s1. The maximum absolute atomic E-state index is 11.3. The third-order valence-electron chi connectivity index (χ3n) is 2.47.